The van der Waals surface area contributed by atoms with Gasteiger partial charge in [0.2, 0.25) is 15.9 Å². The molecule has 1 heterocycles. The summed E-state index contributed by atoms with van der Waals surface area (Å²) < 4.78 is 37.5. The molecule has 2 atom stereocenters. The van der Waals surface area contributed by atoms with Crippen molar-refractivity contribution < 1.29 is 22.7 Å². The molecule has 0 saturated carbocycles. The number of sulfonamides is 1. The van der Waals surface area contributed by atoms with E-state index in [0.29, 0.717) is 17.9 Å². The van der Waals surface area contributed by atoms with Crippen molar-refractivity contribution in [2.75, 3.05) is 17.7 Å². The van der Waals surface area contributed by atoms with Crippen LogP contribution in [0.3, 0.4) is 0 Å². The van der Waals surface area contributed by atoms with Gasteiger partial charge < -0.3 is 14.8 Å². The first-order chi connectivity index (χ1) is 14.4. The number of carbonyl (C=O) groups excluding carboxylic acids is 1. The molecule has 7 nitrogen and oxygen atoms in total. The highest BCUT2D eigenvalue weighted by Gasteiger charge is 2.37. The Hall–Kier alpha value is -2.74. The molecular weight excluding hydrogens is 416 g/mol. The summed E-state index contributed by atoms with van der Waals surface area (Å²) in [5.41, 5.74) is 1.89. The van der Waals surface area contributed by atoms with Crippen molar-refractivity contribution in [1.29, 1.82) is 0 Å². The number of nitrogens with one attached hydrogen (secondary N) is 1. The van der Waals surface area contributed by atoms with Gasteiger partial charge in [-0.3, -0.25) is 9.10 Å². The van der Waals surface area contributed by atoms with Crippen LogP contribution in [0.2, 0.25) is 0 Å². The average Bonchev–Trinajstić information content (AvgIpc) is 2.67. The monoisotopic (exact) mass is 446 g/mol. The van der Waals surface area contributed by atoms with Crippen molar-refractivity contribution in [2.45, 2.75) is 51.8 Å². The number of hydrogen-bond acceptors (Lipinski definition) is 5. The van der Waals surface area contributed by atoms with Crippen LogP contribution in [-0.4, -0.2) is 39.3 Å². The first-order valence-electron chi connectivity index (χ1n) is 10.1. The lowest BCUT2D eigenvalue weighted by atomic mass is 9.89. The first-order valence-corrected chi connectivity index (χ1v) is 12.0. The van der Waals surface area contributed by atoms with E-state index in [1.165, 1.54) is 7.11 Å². The number of benzene rings is 2. The van der Waals surface area contributed by atoms with E-state index >= 15 is 0 Å². The highest BCUT2D eigenvalue weighted by molar-refractivity contribution is 7.92. The predicted octanol–water partition coefficient (Wildman–Crippen LogP) is 3.58. The Balaban J connectivity index is 1.89. The smallest absolute Gasteiger partial charge is 0.244 e. The van der Waals surface area contributed by atoms with Crippen LogP contribution in [0.15, 0.2) is 42.5 Å². The molecule has 0 fully saturated rings. The summed E-state index contributed by atoms with van der Waals surface area (Å²) in [7, 11) is -2.17. The normalized spacial score (nSPS) is 18.3. The average molecular weight is 447 g/mol. The van der Waals surface area contributed by atoms with Crippen molar-refractivity contribution in [3.8, 4) is 11.5 Å². The molecule has 0 aliphatic carbocycles. The van der Waals surface area contributed by atoms with Crippen molar-refractivity contribution in [1.82, 2.24) is 5.32 Å². The minimum atomic E-state index is -3.71. The van der Waals surface area contributed by atoms with Crippen molar-refractivity contribution in [3.63, 3.8) is 0 Å². The summed E-state index contributed by atoms with van der Waals surface area (Å²) in [6.45, 7) is 7.51. The van der Waals surface area contributed by atoms with E-state index in [0.717, 1.165) is 27.4 Å². The maximum Gasteiger partial charge on any atom is 0.244 e. The summed E-state index contributed by atoms with van der Waals surface area (Å²) in [6, 6.07) is 11.2. The molecule has 8 heteroatoms. The van der Waals surface area contributed by atoms with Gasteiger partial charge in [0.25, 0.3) is 0 Å². The van der Waals surface area contributed by atoms with E-state index in [1.807, 2.05) is 39.0 Å². The largest absolute Gasteiger partial charge is 0.497 e. The quantitative estimate of drug-likeness (QED) is 0.733. The van der Waals surface area contributed by atoms with Gasteiger partial charge in [-0.25, -0.2) is 8.42 Å². The molecule has 0 bridgehead atoms. The molecule has 1 aliphatic heterocycles. The summed E-state index contributed by atoms with van der Waals surface area (Å²) in [6.07, 6.45) is 1.67. The second-order valence-electron chi connectivity index (χ2n) is 8.60. The van der Waals surface area contributed by atoms with Gasteiger partial charge in [0, 0.05) is 12.0 Å². The summed E-state index contributed by atoms with van der Waals surface area (Å²) >= 11 is 0. The predicted molar refractivity (Wildman–Crippen MR) is 121 cm³/mol. The van der Waals surface area contributed by atoms with Gasteiger partial charge in [-0.15, -0.1) is 0 Å². The van der Waals surface area contributed by atoms with Crippen LogP contribution in [0.1, 0.15) is 44.4 Å². The van der Waals surface area contributed by atoms with Crippen molar-refractivity contribution >= 4 is 21.6 Å². The van der Waals surface area contributed by atoms with Gasteiger partial charge in [0.1, 0.15) is 23.1 Å². The Bertz CT molecular complexity index is 1060. The topological polar surface area (TPSA) is 84.9 Å². The summed E-state index contributed by atoms with van der Waals surface area (Å²) in [5, 5.41) is 3.05. The standard InChI is InChI=1S/C23H30N2O5S/c1-15-7-12-21-19(13-15)20(14-23(3,4)30-21)24-22(26)16(2)25(31(6,27)28)17-8-10-18(29-5)11-9-17/h7-13,16,20H,14H2,1-6H3,(H,24,26)/t16-,20+/m0/s1. The minimum Gasteiger partial charge on any atom is -0.497 e. The molecule has 0 unspecified atom stereocenters. The molecule has 2 aromatic rings. The number of ether oxygens (including phenoxy) is 2. The van der Waals surface area contributed by atoms with Crippen LogP contribution in [0.25, 0.3) is 0 Å². The fourth-order valence-electron chi connectivity index (χ4n) is 3.93. The van der Waals surface area contributed by atoms with Gasteiger partial charge in [0.15, 0.2) is 0 Å². The SMILES string of the molecule is COc1ccc(N([C@@H](C)C(=O)N[C@@H]2CC(C)(C)Oc3ccc(C)cc32)S(C)(=O)=O)cc1. The Kier molecular flexibility index (Phi) is 6.23. The zero-order chi connectivity index (χ0) is 23.0. The second-order valence-corrected chi connectivity index (χ2v) is 10.5. The molecule has 168 valence electrons. The molecule has 3 rings (SSSR count). The number of fused-ring (bicyclic) bond motifs is 1. The Morgan fingerprint density at radius 1 is 1.23 bits per heavy atom. The van der Waals surface area contributed by atoms with Gasteiger partial charge in [0.05, 0.1) is 25.1 Å². The van der Waals surface area contributed by atoms with Crippen LogP contribution in [0.4, 0.5) is 5.69 Å². The number of nitrogens with zero attached hydrogens (tertiary/aromatic N) is 1. The fraction of sp³-hybridized carbons (Fsp3) is 0.435. The van der Waals surface area contributed by atoms with E-state index < -0.39 is 21.7 Å². The lowest BCUT2D eigenvalue weighted by molar-refractivity contribution is -0.123. The summed E-state index contributed by atoms with van der Waals surface area (Å²) in [5.74, 6) is 0.956. The lowest BCUT2D eigenvalue weighted by Crippen LogP contribution is -2.50. The number of anilines is 1. The van der Waals surface area contributed by atoms with Gasteiger partial charge in [-0.05, 0) is 58.0 Å². The Morgan fingerprint density at radius 3 is 2.45 bits per heavy atom. The maximum absolute atomic E-state index is 13.2. The van der Waals surface area contributed by atoms with Crippen molar-refractivity contribution in [3.05, 3.63) is 53.6 Å². The molecule has 2 aromatic carbocycles. The number of methoxy groups -OCH3 is 1. The van der Waals surface area contributed by atoms with Crippen LogP contribution in [0.5, 0.6) is 11.5 Å². The van der Waals surface area contributed by atoms with Gasteiger partial charge >= 0.3 is 0 Å². The van der Waals surface area contributed by atoms with Crippen molar-refractivity contribution in [2.24, 2.45) is 0 Å². The van der Waals surface area contributed by atoms with Crippen LogP contribution in [0, 0.1) is 6.92 Å². The van der Waals surface area contributed by atoms with E-state index in [4.69, 9.17) is 9.47 Å². The van der Waals surface area contributed by atoms with E-state index in [1.54, 1.807) is 31.2 Å². The molecule has 0 saturated heterocycles. The third-order valence-electron chi connectivity index (χ3n) is 5.35. The molecule has 0 radical (unpaired) electrons. The first kappa shape index (κ1) is 22.9. The van der Waals surface area contributed by atoms with E-state index in [-0.39, 0.29) is 11.9 Å². The summed E-state index contributed by atoms with van der Waals surface area (Å²) in [4.78, 5) is 13.2. The molecule has 1 amide bonds. The Labute approximate surface area is 184 Å². The minimum absolute atomic E-state index is 0.286. The third-order valence-corrected chi connectivity index (χ3v) is 6.60. The number of amides is 1. The number of carbonyl (C=O) groups is 1. The third kappa shape index (κ3) is 5.12. The zero-order valence-corrected chi connectivity index (χ0v) is 19.6. The van der Waals surface area contributed by atoms with Gasteiger partial charge in [-0.2, -0.15) is 0 Å². The van der Waals surface area contributed by atoms with E-state index in [2.05, 4.69) is 5.32 Å². The van der Waals surface area contributed by atoms with Gasteiger partial charge in [-0.1, -0.05) is 17.7 Å². The van der Waals surface area contributed by atoms with Crippen LogP contribution >= 0.6 is 0 Å². The lowest BCUT2D eigenvalue weighted by Gasteiger charge is -2.39. The molecule has 31 heavy (non-hydrogen) atoms. The highest BCUT2D eigenvalue weighted by Crippen LogP contribution is 2.40. The van der Waals surface area contributed by atoms with Crippen LogP contribution < -0.4 is 19.1 Å². The number of rotatable bonds is 6. The second kappa shape index (κ2) is 8.42. The fourth-order valence-corrected chi connectivity index (χ4v) is 5.11. The van der Waals surface area contributed by atoms with E-state index in [9.17, 15) is 13.2 Å². The molecule has 0 aromatic heterocycles. The number of aryl methyl sites for hydroxylation is 1. The molecule has 0 spiro atoms. The molecule has 1 aliphatic rings. The molecule has 1 N–H and O–H groups in total. The highest BCUT2D eigenvalue weighted by atomic mass is 32.2. The maximum atomic E-state index is 13.2. The zero-order valence-electron chi connectivity index (χ0n) is 18.8. The number of hydrogen-bond donors (Lipinski definition) is 1. The molecular formula is C23H30N2O5S. The van der Waals surface area contributed by atoms with Crippen LogP contribution in [-0.2, 0) is 14.8 Å². The Morgan fingerprint density at radius 2 is 1.87 bits per heavy atom.